The Kier molecular flexibility index (Phi) is 4.84. The molecule has 3 rings (SSSR count). The summed E-state index contributed by atoms with van der Waals surface area (Å²) in [7, 11) is 0. The molecule has 0 saturated heterocycles. The molecule has 0 saturated carbocycles. The predicted molar refractivity (Wildman–Crippen MR) is 83.6 cm³/mol. The van der Waals surface area contributed by atoms with Crippen LogP contribution in [0.3, 0.4) is 0 Å². The number of carbonyl (C=O) groups excluding carboxylic acids is 1. The Bertz CT molecular complexity index is 878. The van der Waals surface area contributed by atoms with Gasteiger partial charge in [0.25, 0.3) is 0 Å². The summed E-state index contributed by atoms with van der Waals surface area (Å²) < 4.78 is 72.5. The number of nitrogens with zero attached hydrogens (tertiary/aromatic N) is 2. The zero-order valence-electron chi connectivity index (χ0n) is 13.4. The van der Waals surface area contributed by atoms with Crippen LogP contribution in [0.4, 0.5) is 27.6 Å². The van der Waals surface area contributed by atoms with E-state index in [-0.39, 0.29) is 22.3 Å². The molecule has 27 heavy (non-hydrogen) atoms. The number of aromatic nitrogens is 2. The second kappa shape index (κ2) is 6.83. The number of thioether (sulfide) groups is 1. The van der Waals surface area contributed by atoms with Gasteiger partial charge in [-0.15, -0.1) is 8.78 Å². The van der Waals surface area contributed by atoms with Gasteiger partial charge in [-0.05, 0) is 25.1 Å². The second-order valence-electron chi connectivity index (χ2n) is 5.30. The van der Waals surface area contributed by atoms with Crippen molar-refractivity contribution in [3.8, 4) is 11.5 Å². The molecular formula is C15H10F5N3O3S. The SMILES string of the molecule is C[C@@H](Sc1nccc(C(F)(F)F)n1)C(=O)Nc1ccc2c(c1)OC(F)(F)O2. The van der Waals surface area contributed by atoms with Gasteiger partial charge < -0.3 is 14.8 Å². The summed E-state index contributed by atoms with van der Waals surface area (Å²) in [5, 5.41) is 1.36. The average molecular weight is 407 g/mol. The molecule has 1 atom stereocenters. The molecule has 0 unspecified atom stereocenters. The van der Waals surface area contributed by atoms with Crippen LogP contribution >= 0.6 is 11.8 Å². The van der Waals surface area contributed by atoms with Crippen molar-refractivity contribution in [3.05, 3.63) is 36.2 Å². The van der Waals surface area contributed by atoms with E-state index in [1.807, 2.05) is 0 Å². The quantitative estimate of drug-likeness (QED) is 0.470. The van der Waals surface area contributed by atoms with Crippen LogP contribution in [0.1, 0.15) is 12.6 Å². The van der Waals surface area contributed by atoms with Crippen LogP contribution in [0.5, 0.6) is 11.5 Å². The van der Waals surface area contributed by atoms with Crippen molar-refractivity contribution in [1.82, 2.24) is 9.97 Å². The summed E-state index contributed by atoms with van der Waals surface area (Å²) in [4.78, 5) is 19.3. The maximum Gasteiger partial charge on any atom is 0.586 e. The Labute approximate surface area is 153 Å². The molecule has 0 bridgehead atoms. The van der Waals surface area contributed by atoms with Gasteiger partial charge in [-0.1, -0.05) is 11.8 Å². The lowest BCUT2D eigenvalue weighted by atomic mass is 10.2. The van der Waals surface area contributed by atoms with E-state index in [4.69, 9.17) is 0 Å². The molecule has 2 heterocycles. The van der Waals surface area contributed by atoms with Gasteiger partial charge in [0.05, 0.1) is 5.25 Å². The Morgan fingerprint density at radius 2 is 1.93 bits per heavy atom. The number of alkyl halides is 5. The van der Waals surface area contributed by atoms with Crippen LogP contribution in [0.25, 0.3) is 0 Å². The van der Waals surface area contributed by atoms with Crippen LogP contribution in [0.2, 0.25) is 0 Å². The van der Waals surface area contributed by atoms with Crippen molar-refractivity contribution in [2.24, 2.45) is 0 Å². The summed E-state index contributed by atoms with van der Waals surface area (Å²) in [6, 6.07) is 4.38. The Hall–Kier alpha value is -2.63. The third kappa shape index (κ3) is 4.56. The van der Waals surface area contributed by atoms with Crippen LogP contribution in [0, 0.1) is 0 Å². The van der Waals surface area contributed by atoms with E-state index < -0.39 is 29.3 Å². The first-order chi connectivity index (χ1) is 12.5. The van der Waals surface area contributed by atoms with Crippen LogP contribution < -0.4 is 14.8 Å². The molecule has 144 valence electrons. The minimum atomic E-state index is -4.63. The highest BCUT2D eigenvalue weighted by Gasteiger charge is 2.43. The van der Waals surface area contributed by atoms with E-state index in [0.29, 0.717) is 11.8 Å². The van der Waals surface area contributed by atoms with Gasteiger partial charge in [-0.2, -0.15) is 13.2 Å². The maximum atomic E-state index is 13.0. The van der Waals surface area contributed by atoms with Gasteiger partial charge in [0.2, 0.25) is 5.91 Å². The van der Waals surface area contributed by atoms with Crippen molar-refractivity contribution in [3.63, 3.8) is 0 Å². The first-order valence-corrected chi connectivity index (χ1v) is 8.19. The molecule has 12 heteroatoms. The fraction of sp³-hybridized carbons (Fsp3) is 0.267. The zero-order valence-corrected chi connectivity index (χ0v) is 14.2. The van der Waals surface area contributed by atoms with E-state index in [0.717, 1.165) is 18.3 Å². The molecule has 0 spiro atoms. The summed E-state index contributed by atoms with van der Waals surface area (Å²) in [5.41, 5.74) is -0.971. The second-order valence-corrected chi connectivity index (χ2v) is 6.61. The van der Waals surface area contributed by atoms with Gasteiger partial charge in [-0.25, -0.2) is 9.97 Å². The van der Waals surface area contributed by atoms with Gasteiger partial charge in [0.15, 0.2) is 16.7 Å². The van der Waals surface area contributed by atoms with Gasteiger partial charge in [-0.3, -0.25) is 4.79 Å². The Morgan fingerprint density at radius 3 is 2.63 bits per heavy atom. The molecule has 1 aromatic carbocycles. The molecular weight excluding hydrogens is 397 g/mol. The smallest absolute Gasteiger partial charge is 0.395 e. The van der Waals surface area contributed by atoms with Gasteiger partial charge >= 0.3 is 12.5 Å². The fourth-order valence-electron chi connectivity index (χ4n) is 2.04. The van der Waals surface area contributed by atoms with E-state index in [1.165, 1.54) is 19.1 Å². The highest BCUT2D eigenvalue weighted by atomic mass is 32.2. The van der Waals surface area contributed by atoms with Crippen molar-refractivity contribution >= 4 is 23.4 Å². The van der Waals surface area contributed by atoms with Crippen LogP contribution in [0.15, 0.2) is 35.6 Å². The largest absolute Gasteiger partial charge is 0.586 e. The number of rotatable bonds is 4. The highest BCUT2D eigenvalue weighted by molar-refractivity contribution is 8.00. The standard InChI is InChI=1S/C15H10F5N3O3S/c1-7(27-13-21-5-4-11(23-13)14(16,17)18)12(24)22-8-2-3-9-10(6-8)26-15(19,20)25-9/h2-7H,1H3,(H,22,24)/t7-/m1/s1. The van der Waals surface area contributed by atoms with Gasteiger partial charge in [0.1, 0.15) is 5.69 Å². The summed E-state index contributed by atoms with van der Waals surface area (Å²) in [6.07, 6.45) is -7.46. The molecule has 1 amide bonds. The summed E-state index contributed by atoms with van der Waals surface area (Å²) in [6.45, 7) is 1.44. The van der Waals surface area contributed by atoms with E-state index in [9.17, 15) is 26.7 Å². The predicted octanol–water partition coefficient (Wildman–Crippen LogP) is 3.94. The number of fused-ring (bicyclic) bond motifs is 1. The Morgan fingerprint density at radius 1 is 1.22 bits per heavy atom. The molecule has 0 aliphatic carbocycles. The number of carbonyl (C=O) groups is 1. The number of benzene rings is 1. The first kappa shape index (κ1) is 19.1. The number of halogens is 5. The third-order valence-electron chi connectivity index (χ3n) is 3.24. The van der Waals surface area contributed by atoms with Crippen molar-refractivity contribution < 1.29 is 36.2 Å². The highest BCUT2D eigenvalue weighted by Crippen LogP contribution is 2.42. The number of ether oxygens (including phenoxy) is 2. The van der Waals surface area contributed by atoms with Gasteiger partial charge in [0, 0.05) is 18.0 Å². The lowest BCUT2D eigenvalue weighted by molar-refractivity contribution is -0.286. The van der Waals surface area contributed by atoms with E-state index in [2.05, 4.69) is 24.8 Å². The number of amides is 1. The minimum Gasteiger partial charge on any atom is -0.395 e. The molecule has 1 aliphatic heterocycles. The third-order valence-corrected chi connectivity index (χ3v) is 4.22. The molecule has 1 N–H and O–H groups in total. The lowest BCUT2D eigenvalue weighted by Crippen LogP contribution is -2.26. The molecule has 0 fully saturated rings. The maximum absolute atomic E-state index is 13.0. The van der Waals surface area contributed by atoms with Crippen molar-refractivity contribution in [2.75, 3.05) is 5.32 Å². The van der Waals surface area contributed by atoms with Crippen molar-refractivity contribution in [1.29, 1.82) is 0 Å². The number of nitrogens with one attached hydrogen (secondary N) is 1. The molecule has 1 aromatic heterocycles. The summed E-state index contributed by atoms with van der Waals surface area (Å²) >= 11 is 0.716. The average Bonchev–Trinajstić information content (AvgIpc) is 2.87. The number of hydrogen-bond donors (Lipinski definition) is 1. The molecule has 0 radical (unpaired) electrons. The minimum absolute atomic E-state index is 0.150. The summed E-state index contributed by atoms with van der Waals surface area (Å²) in [5.74, 6) is -1.02. The molecule has 2 aromatic rings. The lowest BCUT2D eigenvalue weighted by Gasteiger charge is -2.12. The molecule has 6 nitrogen and oxygen atoms in total. The van der Waals surface area contributed by atoms with Crippen molar-refractivity contribution in [2.45, 2.75) is 29.8 Å². The first-order valence-electron chi connectivity index (χ1n) is 7.31. The van der Waals surface area contributed by atoms with Crippen LogP contribution in [-0.2, 0) is 11.0 Å². The Balaban J connectivity index is 1.65. The van der Waals surface area contributed by atoms with E-state index in [1.54, 1.807) is 0 Å². The monoisotopic (exact) mass is 407 g/mol. The number of hydrogen-bond acceptors (Lipinski definition) is 6. The topological polar surface area (TPSA) is 73.3 Å². The fourth-order valence-corrected chi connectivity index (χ4v) is 2.79. The normalized spacial score (nSPS) is 16.1. The molecule has 1 aliphatic rings. The zero-order chi connectivity index (χ0) is 19.8. The van der Waals surface area contributed by atoms with E-state index >= 15 is 0 Å². The number of anilines is 1. The van der Waals surface area contributed by atoms with Crippen LogP contribution in [-0.4, -0.2) is 27.4 Å².